The van der Waals surface area contributed by atoms with Crippen LogP contribution >= 0.6 is 0 Å². The Balaban J connectivity index is 0.000000437. The average molecular weight is 980 g/mol. The first kappa shape index (κ1) is 52.2. The summed E-state index contributed by atoms with van der Waals surface area (Å²) < 4.78 is 16.5. The summed E-state index contributed by atoms with van der Waals surface area (Å²) in [6, 6.07) is 36.3. The number of aromatic carboxylic acids is 3. The van der Waals surface area contributed by atoms with Crippen LogP contribution in [-0.2, 0) is 70.2 Å². The number of carbonyl (C=O) groups excluding carboxylic acids is 2. The number of isocyanates is 1. The molecule has 0 aromatic heterocycles. The first-order chi connectivity index (χ1) is 28.2. The number of anilines is 2. The Hall–Kier alpha value is -6.81. The number of carboxylic acids is 3. The fourth-order valence-corrected chi connectivity index (χ4v) is 4.31. The molecule has 0 bridgehead atoms. The van der Waals surface area contributed by atoms with Gasteiger partial charge in [0.2, 0.25) is 0 Å². The molecule has 61 heavy (non-hydrogen) atoms. The zero-order valence-electron chi connectivity index (χ0n) is 31.4. The van der Waals surface area contributed by atoms with E-state index in [9.17, 15) is 29.3 Å². The molecule has 0 saturated carbocycles. The van der Waals surface area contributed by atoms with Gasteiger partial charge in [0.15, 0.2) is 6.03 Å². The van der Waals surface area contributed by atoms with E-state index in [1.165, 1.54) is 72.8 Å². The molecule has 0 saturated heterocycles. The standard InChI is InChI=1S/C14H12N2O4.C13H9NO5.C13H11NO3.CNO.2Y/c15-14(19)16-10-3-7-12(8-4-10)20-11-5-1-9(2-6-11)13(17)18;15-13(16)9-1-5-11(6-2-9)19-12-7-3-10(4-8-12)14(17)18;14-10-3-7-12(8-4-10)17-11-5-1-9(2-6-11)13(15)16;2-1-3;;/h1-8H,(H4,15,16,17,18,19);1-8H,(H,15,16);1-8H,14H2,(H,15,16);;;/q;;;-1;;/p-1. The zero-order valence-corrected chi connectivity index (χ0v) is 37.1. The number of nitrogens with one attached hydrogen (secondary N) is 2. The minimum Gasteiger partial charge on any atom is -0.724 e. The van der Waals surface area contributed by atoms with Crippen molar-refractivity contribution in [2.45, 2.75) is 0 Å². The van der Waals surface area contributed by atoms with Crippen molar-refractivity contribution < 1.29 is 124 Å². The van der Waals surface area contributed by atoms with Crippen molar-refractivity contribution in [2.24, 2.45) is 0 Å². The van der Waals surface area contributed by atoms with Crippen molar-refractivity contribution in [3.8, 4) is 34.5 Å². The topological polar surface area (TPSA) is 301 Å². The third kappa shape index (κ3) is 19.2. The molecule has 20 heteroatoms. The number of carboxylic acid groups (broad SMARTS) is 3. The van der Waals surface area contributed by atoms with Crippen LogP contribution in [0.3, 0.4) is 0 Å². The Morgan fingerprint density at radius 3 is 1.05 bits per heavy atom. The van der Waals surface area contributed by atoms with Crippen molar-refractivity contribution in [2.75, 3.05) is 11.1 Å². The number of amides is 2. The largest absolute Gasteiger partial charge is 0.724 e. The smallest absolute Gasteiger partial charge is 0.335 e. The summed E-state index contributed by atoms with van der Waals surface area (Å²) in [4.78, 5) is 60.8. The molecule has 6 aromatic carbocycles. The quantitative estimate of drug-likeness (QED) is 0.0266. The second kappa shape index (κ2) is 27.0. The van der Waals surface area contributed by atoms with Gasteiger partial charge in [0.05, 0.1) is 21.6 Å². The number of hydrogen-bond donors (Lipinski definition) is 5. The maximum absolute atomic E-state index is 10.7. The average Bonchev–Trinajstić information content (AvgIpc) is 3.21. The Morgan fingerprint density at radius 2 is 0.803 bits per heavy atom. The molecular weight excluding hydrogens is 948 g/mol. The molecule has 0 aliphatic carbocycles. The molecule has 0 atom stereocenters. The molecule has 0 heterocycles. The maximum atomic E-state index is 10.7. The van der Waals surface area contributed by atoms with E-state index >= 15 is 0 Å². The molecule has 6 rings (SSSR count). The van der Waals surface area contributed by atoms with Crippen LogP contribution < -0.4 is 25.3 Å². The van der Waals surface area contributed by atoms with Gasteiger partial charge in [-0.25, -0.2) is 14.4 Å². The molecule has 0 spiro atoms. The summed E-state index contributed by atoms with van der Waals surface area (Å²) in [5.41, 5.74) is 14.1. The van der Waals surface area contributed by atoms with Gasteiger partial charge in [0.1, 0.15) is 34.5 Å². The summed E-state index contributed by atoms with van der Waals surface area (Å²) in [6.45, 7) is 0. The molecule has 2 amide bonds. The number of nitro benzene ring substituents is 1. The fourth-order valence-electron chi connectivity index (χ4n) is 4.31. The summed E-state index contributed by atoms with van der Waals surface area (Å²) in [5, 5.41) is 45.8. The fraction of sp³-hybridized carbons (Fsp3) is 0. The van der Waals surface area contributed by atoms with Gasteiger partial charge in [-0.05, 0) is 133 Å². The second-order valence-corrected chi connectivity index (χ2v) is 11.2. The third-order valence-electron chi connectivity index (χ3n) is 7.05. The number of non-ortho nitro benzene ring substituents is 1. The van der Waals surface area contributed by atoms with Crippen LogP contribution in [0.25, 0.3) is 11.1 Å². The molecular formula is C41H31N5O13Y2-2. The third-order valence-corrected chi connectivity index (χ3v) is 7.05. The number of nitrogen functional groups attached to an aromatic ring is 1. The predicted octanol–water partition coefficient (Wildman–Crippen LogP) is 9.49. The van der Waals surface area contributed by atoms with Gasteiger partial charge in [0, 0.05) is 83.2 Å². The number of ether oxygens (including phenoxy) is 3. The summed E-state index contributed by atoms with van der Waals surface area (Å²) in [6.07, 6.45) is 0.500. The second-order valence-electron chi connectivity index (χ2n) is 11.2. The Morgan fingerprint density at radius 1 is 0.557 bits per heavy atom. The van der Waals surface area contributed by atoms with Crippen LogP contribution in [0.5, 0.6) is 34.5 Å². The van der Waals surface area contributed by atoms with E-state index in [4.69, 9.17) is 51.2 Å². The van der Waals surface area contributed by atoms with Crippen molar-refractivity contribution in [1.82, 2.24) is 0 Å². The van der Waals surface area contributed by atoms with Gasteiger partial charge in [-0.2, -0.15) is 0 Å². The van der Waals surface area contributed by atoms with Crippen molar-refractivity contribution in [3.63, 3.8) is 0 Å². The molecule has 0 aliphatic rings. The van der Waals surface area contributed by atoms with E-state index in [0.29, 0.717) is 52.0 Å². The van der Waals surface area contributed by atoms with Crippen LogP contribution in [0.4, 0.5) is 21.9 Å². The number of rotatable bonds is 11. The zero-order chi connectivity index (χ0) is 43.3. The van der Waals surface area contributed by atoms with E-state index in [1.54, 1.807) is 72.8 Å². The number of benzene rings is 6. The number of nitrogens with zero attached hydrogens (tertiary/aromatic N) is 2. The monoisotopic (exact) mass is 979 g/mol. The van der Waals surface area contributed by atoms with Gasteiger partial charge in [-0.3, -0.25) is 19.7 Å². The molecule has 18 nitrogen and oxygen atoms in total. The maximum Gasteiger partial charge on any atom is 0.335 e. The number of hydrogen-bond acceptors (Lipinski definition) is 11. The van der Waals surface area contributed by atoms with Gasteiger partial charge >= 0.3 is 17.9 Å². The van der Waals surface area contributed by atoms with Crippen molar-refractivity contribution in [3.05, 3.63) is 184 Å². The van der Waals surface area contributed by atoms with E-state index in [0.717, 1.165) is 0 Å². The van der Waals surface area contributed by atoms with E-state index in [-0.39, 0.29) is 87.8 Å². The van der Waals surface area contributed by atoms with Crippen molar-refractivity contribution in [1.29, 1.82) is 0 Å². The van der Waals surface area contributed by atoms with Gasteiger partial charge in [-0.1, -0.05) is 12.1 Å². The van der Waals surface area contributed by atoms with E-state index in [1.807, 2.05) is 0 Å². The first-order valence-electron chi connectivity index (χ1n) is 16.4. The Kier molecular flexibility index (Phi) is 23.1. The summed E-state index contributed by atoms with van der Waals surface area (Å²) in [5.74, 6) is 0.218. The van der Waals surface area contributed by atoms with Crippen molar-refractivity contribution >= 4 is 47.1 Å². The Labute approximate surface area is 396 Å². The molecule has 7 N–H and O–H groups in total. The molecule has 0 unspecified atom stereocenters. The first-order valence-corrected chi connectivity index (χ1v) is 16.4. The summed E-state index contributed by atoms with van der Waals surface area (Å²) in [7, 11) is 0. The van der Waals surface area contributed by atoms with E-state index < -0.39 is 28.9 Å². The van der Waals surface area contributed by atoms with Gasteiger partial charge < -0.3 is 51.7 Å². The minimum atomic E-state index is -1.01. The molecule has 306 valence electrons. The van der Waals surface area contributed by atoms with Crippen LogP contribution in [0.2, 0.25) is 0 Å². The van der Waals surface area contributed by atoms with Crippen LogP contribution in [0, 0.1) is 10.1 Å². The van der Waals surface area contributed by atoms with Crippen LogP contribution in [0.1, 0.15) is 31.1 Å². The molecule has 0 fully saturated rings. The minimum absolute atomic E-state index is 0. The number of urea groups is 1. The SMILES string of the molecule is Nc1ccc(Oc2ccc(C(=O)O)cc2)cc1.O=C(O)c1ccc(Oc2ccc([N+](=O)[O-])cc2)cc1.[N-]=C=O.[NH-]C(=O)Nc1ccc(Oc2ccc(C(=O)O)cc2)cc1.[Y].[Y]. The molecule has 0 aliphatic heterocycles. The Bertz CT molecular complexity index is 2320. The number of nitro groups is 1. The summed E-state index contributed by atoms with van der Waals surface area (Å²) >= 11 is 0. The van der Waals surface area contributed by atoms with Crippen LogP contribution in [-0.4, -0.2) is 50.3 Å². The number of nitrogens with two attached hydrogens (primary N) is 1. The predicted molar refractivity (Wildman–Crippen MR) is 213 cm³/mol. The van der Waals surface area contributed by atoms with Gasteiger partial charge in [-0.15, -0.1) is 0 Å². The van der Waals surface area contributed by atoms with E-state index in [2.05, 4.69) is 5.32 Å². The molecule has 6 aromatic rings. The van der Waals surface area contributed by atoms with Gasteiger partial charge in [0.25, 0.3) is 5.69 Å². The number of carbonyl (C=O) groups is 4. The molecule has 2 radical (unpaired) electrons. The van der Waals surface area contributed by atoms with Crippen LogP contribution in [0.15, 0.2) is 146 Å². The normalized spacial score (nSPS) is 9.18.